The number of quaternary nitrogens is 1. The smallest absolute Gasteiger partial charge is 0.250 e. The van der Waals surface area contributed by atoms with Gasteiger partial charge in [0, 0.05) is 43.4 Å². The summed E-state index contributed by atoms with van der Waals surface area (Å²) in [4.78, 5) is 14.3. The molecule has 0 aliphatic carbocycles. The minimum Gasteiger partial charge on any atom is -0.595 e. The van der Waals surface area contributed by atoms with Gasteiger partial charge in [0.25, 0.3) is 5.56 Å². The topological polar surface area (TPSA) is 94.2 Å². The van der Waals surface area contributed by atoms with Gasteiger partial charge >= 0.3 is 0 Å². The van der Waals surface area contributed by atoms with Gasteiger partial charge in [-0.1, -0.05) is 6.07 Å². The molecule has 29 heavy (non-hydrogen) atoms. The largest absolute Gasteiger partial charge is 0.595 e. The normalized spacial score (nSPS) is 21.3. The van der Waals surface area contributed by atoms with E-state index in [0.717, 1.165) is 18.7 Å². The molecule has 1 fully saturated rings. The SMILES string of the molecule is CCOc1ccc(NC(=S)N2CC3C[C@H](C2)Cn2c3cccc2=O)c([NH+]([O-])O)c1. The van der Waals surface area contributed by atoms with Crippen LogP contribution in [0.3, 0.4) is 0 Å². The molecule has 0 saturated carbocycles. The molecule has 2 aliphatic rings. The van der Waals surface area contributed by atoms with Crippen LogP contribution in [0.5, 0.6) is 5.75 Å². The highest BCUT2D eigenvalue weighted by molar-refractivity contribution is 7.80. The van der Waals surface area contributed by atoms with Gasteiger partial charge in [0.15, 0.2) is 10.8 Å². The van der Waals surface area contributed by atoms with Crippen molar-refractivity contribution in [3.05, 3.63) is 57.7 Å². The van der Waals surface area contributed by atoms with E-state index in [1.54, 1.807) is 18.2 Å². The molecular weight excluding hydrogens is 392 g/mol. The fourth-order valence-electron chi connectivity index (χ4n) is 4.32. The lowest BCUT2D eigenvalue weighted by atomic mass is 9.83. The van der Waals surface area contributed by atoms with Crippen molar-refractivity contribution in [1.29, 1.82) is 0 Å². The number of thiocarbonyl (C=S) groups is 1. The number of aromatic nitrogens is 1. The number of pyridine rings is 1. The molecule has 1 aromatic heterocycles. The number of hydrogen-bond acceptors (Lipinski definition) is 5. The van der Waals surface area contributed by atoms with E-state index in [0.29, 0.717) is 42.2 Å². The molecule has 3 heterocycles. The predicted octanol–water partition coefficient (Wildman–Crippen LogP) is 1.47. The molecule has 0 amide bonds. The van der Waals surface area contributed by atoms with Crippen LogP contribution in [0.2, 0.25) is 0 Å². The lowest BCUT2D eigenvalue weighted by Gasteiger charge is -2.43. The molecule has 0 spiro atoms. The molecule has 2 aliphatic heterocycles. The average molecular weight is 417 g/mol. The molecular formula is C20H24N4O4S. The molecule has 9 heteroatoms. The standard InChI is InChI=1S/C20H24N4O4S/c1-2-28-15-6-7-16(18(9-15)24(26)27)21-20(29)22-10-13-8-14(12-22)17-4-3-5-19(25)23(17)11-13/h3-7,9,13-14,24,26H,2,8,10-12H2,1H3,(H,21,29)/t13-,14?/m1/s1. The highest BCUT2D eigenvalue weighted by Crippen LogP contribution is 2.35. The maximum Gasteiger partial charge on any atom is 0.250 e. The number of anilines is 1. The van der Waals surface area contributed by atoms with Crippen LogP contribution in [-0.4, -0.2) is 39.5 Å². The summed E-state index contributed by atoms with van der Waals surface area (Å²) in [5, 5.41) is 23.8. The Morgan fingerprint density at radius 2 is 2.17 bits per heavy atom. The minimum absolute atomic E-state index is 0.0480. The quantitative estimate of drug-likeness (QED) is 0.513. The van der Waals surface area contributed by atoms with Crippen LogP contribution in [0.25, 0.3) is 0 Å². The van der Waals surface area contributed by atoms with Crippen LogP contribution in [0.1, 0.15) is 25.0 Å². The number of nitrogens with one attached hydrogen (secondary N) is 2. The monoisotopic (exact) mass is 416 g/mol. The number of likely N-dealkylation sites (tertiary alicyclic amines) is 1. The van der Waals surface area contributed by atoms with Crippen LogP contribution in [0.4, 0.5) is 11.4 Å². The van der Waals surface area contributed by atoms with Gasteiger partial charge in [-0.15, -0.1) is 0 Å². The molecule has 154 valence electrons. The first-order valence-electron chi connectivity index (χ1n) is 9.72. The van der Waals surface area contributed by atoms with Crippen molar-refractivity contribution in [2.45, 2.75) is 25.8 Å². The Labute approximate surface area is 173 Å². The molecule has 2 unspecified atom stereocenters. The number of hydrogen-bond donors (Lipinski definition) is 3. The van der Waals surface area contributed by atoms with Gasteiger partial charge in [-0.2, -0.15) is 5.23 Å². The summed E-state index contributed by atoms with van der Waals surface area (Å²) in [6.07, 6.45) is 1.03. The Morgan fingerprint density at radius 1 is 1.34 bits per heavy atom. The summed E-state index contributed by atoms with van der Waals surface area (Å²) < 4.78 is 7.28. The molecule has 8 nitrogen and oxygen atoms in total. The Kier molecular flexibility index (Phi) is 5.55. The second-order valence-corrected chi connectivity index (χ2v) is 7.87. The maximum atomic E-state index is 12.2. The molecule has 3 N–H and O–H groups in total. The van der Waals surface area contributed by atoms with Crippen molar-refractivity contribution in [3.8, 4) is 5.75 Å². The van der Waals surface area contributed by atoms with Crippen molar-refractivity contribution >= 4 is 28.7 Å². The van der Waals surface area contributed by atoms with E-state index in [1.807, 2.05) is 23.6 Å². The van der Waals surface area contributed by atoms with E-state index < -0.39 is 5.23 Å². The minimum atomic E-state index is -1.04. The number of rotatable bonds is 4. The average Bonchev–Trinajstić information content (AvgIpc) is 2.70. The zero-order valence-electron chi connectivity index (χ0n) is 16.1. The lowest BCUT2D eigenvalue weighted by molar-refractivity contribution is -0.990. The molecule has 1 saturated heterocycles. The number of ether oxygens (including phenoxy) is 1. The second kappa shape index (κ2) is 8.11. The molecule has 2 bridgehead atoms. The third-order valence-corrected chi connectivity index (χ3v) is 5.90. The Hall–Kier alpha value is -2.46. The first-order chi connectivity index (χ1) is 14.0. The third kappa shape index (κ3) is 3.99. The summed E-state index contributed by atoms with van der Waals surface area (Å²) >= 11 is 5.61. The van der Waals surface area contributed by atoms with E-state index in [-0.39, 0.29) is 17.2 Å². The van der Waals surface area contributed by atoms with E-state index >= 15 is 0 Å². The highest BCUT2D eigenvalue weighted by atomic mass is 32.1. The Bertz CT molecular complexity index is 977. The second-order valence-electron chi connectivity index (χ2n) is 7.48. The van der Waals surface area contributed by atoms with E-state index in [4.69, 9.17) is 17.0 Å². The summed E-state index contributed by atoms with van der Waals surface area (Å²) in [5.74, 6) is 1.08. The van der Waals surface area contributed by atoms with Gasteiger partial charge in [0.1, 0.15) is 11.4 Å². The number of nitrogens with zero attached hydrogens (tertiary/aromatic N) is 2. The Balaban J connectivity index is 1.52. The van der Waals surface area contributed by atoms with Crippen LogP contribution in [0.15, 0.2) is 41.2 Å². The summed E-state index contributed by atoms with van der Waals surface area (Å²) in [6.45, 7) is 4.44. The number of piperidine rings is 1. The highest BCUT2D eigenvalue weighted by Gasteiger charge is 2.35. The zero-order valence-corrected chi connectivity index (χ0v) is 16.9. The molecule has 1 aromatic carbocycles. The van der Waals surface area contributed by atoms with Crippen LogP contribution < -0.4 is 20.8 Å². The van der Waals surface area contributed by atoms with Gasteiger partial charge in [-0.25, -0.2) is 5.21 Å². The maximum absolute atomic E-state index is 12.2. The van der Waals surface area contributed by atoms with Crippen molar-refractivity contribution < 1.29 is 15.2 Å². The van der Waals surface area contributed by atoms with Crippen molar-refractivity contribution in [2.75, 3.05) is 25.0 Å². The fourth-order valence-corrected chi connectivity index (χ4v) is 4.58. The van der Waals surface area contributed by atoms with Crippen LogP contribution in [0, 0.1) is 11.1 Å². The van der Waals surface area contributed by atoms with Crippen LogP contribution >= 0.6 is 12.2 Å². The Morgan fingerprint density at radius 3 is 2.93 bits per heavy atom. The molecule has 4 rings (SSSR count). The summed E-state index contributed by atoms with van der Waals surface area (Å²) in [5.41, 5.74) is 1.66. The van der Waals surface area contributed by atoms with Crippen molar-refractivity contribution in [2.24, 2.45) is 5.92 Å². The van der Waals surface area contributed by atoms with E-state index in [9.17, 15) is 15.2 Å². The van der Waals surface area contributed by atoms with E-state index in [2.05, 4.69) is 10.2 Å². The fraction of sp³-hybridized carbons (Fsp3) is 0.400. The first kappa shape index (κ1) is 19.8. The zero-order chi connectivity index (χ0) is 20.5. The first-order valence-corrected chi connectivity index (χ1v) is 10.1. The summed E-state index contributed by atoms with van der Waals surface area (Å²) in [7, 11) is 0. The molecule has 2 aromatic rings. The summed E-state index contributed by atoms with van der Waals surface area (Å²) in [6, 6.07) is 10.3. The van der Waals surface area contributed by atoms with Crippen LogP contribution in [-0.2, 0) is 6.54 Å². The van der Waals surface area contributed by atoms with Gasteiger partial charge in [-0.3, -0.25) is 4.79 Å². The molecule has 0 radical (unpaired) electrons. The number of fused-ring (bicyclic) bond motifs is 4. The van der Waals surface area contributed by atoms with Gasteiger partial charge in [-0.05, 0) is 49.7 Å². The predicted molar refractivity (Wildman–Crippen MR) is 113 cm³/mol. The van der Waals surface area contributed by atoms with Crippen molar-refractivity contribution in [1.82, 2.24) is 9.47 Å². The van der Waals surface area contributed by atoms with E-state index in [1.165, 1.54) is 6.07 Å². The van der Waals surface area contributed by atoms with Crippen molar-refractivity contribution in [3.63, 3.8) is 0 Å². The number of benzene rings is 1. The lowest BCUT2D eigenvalue weighted by Crippen LogP contribution is -2.99. The van der Waals surface area contributed by atoms with Gasteiger partial charge < -0.3 is 24.7 Å². The van der Waals surface area contributed by atoms with Gasteiger partial charge in [0.2, 0.25) is 0 Å². The molecule has 3 atom stereocenters. The van der Waals surface area contributed by atoms with Gasteiger partial charge in [0.05, 0.1) is 6.61 Å². The third-order valence-electron chi connectivity index (χ3n) is 5.54.